The first kappa shape index (κ1) is 25.4. The number of hydrogen-bond acceptors (Lipinski definition) is 3. The van der Waals surface area contributed by atoms with E-state index in [0.717, 1.165) is 36.2 Å². The third-order valence-electron chi connectivity index (χ3n) is 6.09. The van der Waals surface area contributed by atoms with E-state index in [4.69, 9.17) is 9.84 Å². The minimum Gasteiger partial charge on any atom is -0.481 e. The molecule has 0 fully saturated rings. The van der Waals surface area contributed by atoms with Crippen LogP contribution in [0.1, 0.15) is 59.8 Å². The average Bonchev–Trinajstić information content (AvgIpc) is 3.12. The van der Waals surface area contributed by atoms with E-state index in [0.29, 0.717) is 18.8 Å². The highest BCUT2D eigenvalue weighted by Crippen LogP contribution is 2.28. The highest BCUT2D eigenvalue weighted by molar-refractivity contribution is 5.99. The molecule has 0 spiro atoms. The molecule has 180 valence electrons. The number of ether oxygens (including phenoxy) is 1. The number of carboxylic acid groups (broad SMARTS) is 1. The summed E-state index contributed by atoms with van der Waals surface area (Å²) in [6, 6.07) is 20.3. The Labute approximate surface area is 202 Å². The number of unbranched alkanes of at least 4 members (excludes halogenated alkanes) is 1. The molecule has 5 nitrogen and oxygen atoms in total. The van der Waals surface area contributed by atoms with Gasteiger partial charge >= 0.3 is 5.97 Å². The first-order chi connectivity index (χ1) is 16.3. The summed E-state index contributed by atoms with van der Waals surface area (Å²) >= 11 is 0. The number of aryl methyl sites for hydroxylation is 1. The van der Waals surface area contributed by atoms with Gasteiger partial charge in [-0.2, -0.15) is 0 Å². The van der Waals surface area contributed by atoms with Gasteiger partial charge in [-0.1, -0.05) is 67.1 Å². The zero-order valence-corrected chi connectivity index (χ0v) is 20.4. The zero-order valence-electron chi connectivity index (χ0n) is 20.4. The molecule has 34 heavy (non-hydrogen) atoms. The van der Waals surface area contributed by atoms with Crippen molar-refractivity contribution < 1.29 is 19.4 Å². The van der Waals surface area contributed by atoms with Gasteiger partial charge in [0.25, 0.3) is 0 Å². The van der Waals surface area contributed by atoms with Gasteiger partial charge in [-0.25, -0.2) is 0 Å². The number of Topliss-reactive ketones (excluding diaryl/α,β-unsaturated/α-hetero) is 1. The largest absolute Gasteiger partial charge is 0.481 e. The number of rotatable bonds is 13. The molecule has 0 amide bonds. The van der Waals surface area contributed by atoms with E-state index in [2.05, 4.69) is 29.7 Å². The molecule has 0 aliphatic heterocycles. The summed E-state index contributed by atoms with van der Waals surface area (Å²) in [6.07, 6.45) is 2.81. The van der Waals surface area contributed by atoms with E-state index < -0.39 is 5.97 Å². The molecule has 5 heteroatoms. The maximum Gasteiger partial charge on any atom is 0.303 e. The molecular formula is C29H35NO4. The van der Waals surface area contributed by atoms with Crippen LogP contribution in [0.5, 0.6) is 0 Å². The maximum atomic E-state index is 13.1. The Morgan fingerprint density at radius 2 is 1.76 bits per heavy atom. The van der Waals surface area contributed by atoms with Gasteiger partial charge in [0.1, 0.15) is 0 Å². The Bertz CT molecular complexity index is 1100. The number of ketones is 1. The van der Waals surface area contributed by atoms with Crippen molar-refractivity contribution in [1.29, 1.82) is 0 Å². The van der Waals surface area contributed by atoms with Gasteiger partial charge in [-0.15, -0.1) is 0 Å². The highest BCUT2D eigenvalue weighted by Gasteiger charge is 2.21. The Morgan fingerprint density at radius 1 is 1.00 bits per heavy atom. The molecule has 0 unspecified atom stereocenters. The standard InChI is InChI=1S/C29H35NO4/c1-21-10-9-11-23(16-21)20-34-15-8-7-14-26-25(28(31)17-22(2)18-29(32)33)19-27(30(26)3)24-12-5-4-6-13-24/h4-6,9-13,16,19,22H,7-8,14-15,17-18,20H2,1-3H3,(H,32,33)/t22-/m0/s1. The molecule has 0 aliphatic rings. The molecule has 1 atom stereocenters. The highest BCUT2D eigenvalue weighted by atomic mass is 16.5. The second-order valence-electron chi connectivity index (χ2n) is 9.14. The van der Waals surface area contributed by atoms with E-state index in [1.807, 2.05) is 56.4 Å². The lowest BCUT2D eigenvalue weighted by molar-refractivity contribution is -0.137. The van der Waals surface area contributed by atoms with Crippen molar-refractivity contribution in [1.82, 2.24) is 4.57 Å². The number of hydrogen-bond donors (Lipinski definition) is 1. The zero-order chi connectivity index (χ0) is 24.5. The van der Waals surface area contributed by atoms with Crippen molar-refractivity contribution in [2.45, 2.75) is 52.6 Å². The SMILES string of the molecule is Cc1cccc(COCCCCc2c(C(=O)C[C@H](C)CC(=O)O)cc(-c3ccccc3)n2C)c1. The lowest BCUT2D eigenvalue weighted by atomic mass is 9.96. The van der Waals surface area contributed by atoms with Crippen molar-refractivity contribution in [3.8, 4) is 11.3 Å². The monoisotopic (exact) mass is 461 g/mol. The van der Waals surface area contributed by atoms with Crippen LogP contribution in [0.15, 0.2) is 60.7 Å². The number of carboxylic acids is 1. The number of nitrogens with zero attached hydrogens (tertiary/aromatic N) is 1. The molecule has 3 aromatic rings. The molecular weight excluding hydrogens is 426 g/mol. The molecule has 0 bridgehead atoms. The van der Waals surface area contributed by atoms with E-state index in [1.165, 1.54) is 11.1 Å². The van der Waals surface area contributed by atoms with Crippen LogP contribution >= 0.6 is 0 Å². The molecule has 2 aromatic carbocycles. The fraction of sp³-hybridized carbons (Fsp3) is 0.379. The van der Waals surface area contributed by atoms with Crippen LogP contribution in [-0.2, 0) is 29.6 Å². The van der Waals surface area contributed by atoms with Gasteiger partial charge < -0.3 is 14.4 Å². The Hall–Kier alpha value is -3.18. The summed E-state index contributed by atoms with van der Waals surface area (Å²) in [4.78, 5) is 24.2. The van der Waals surface area contributed by atoms with Gasteiger partial charge in [0, 0.05) is 43.4 Å². The fourth-order valence-corrected chi connectivity index (χ4v) is 4.36. The van der Waals surface area contributed by atoms with E-state index >= 15 is 0 Å². The van der Waals surface area contributed by atoms with E-state index in [1.54, 1.807) is 0 Å². The quantitative estimate of drug-likeness (QED) is 0.242. The van der Waals surface area contributed by atoms with Crippen molar-refractivity contribution in [3.05, 3.63) is 83.0 Å². The fourth-order valence-electron chi connectivity index (χ4n) is 4.36. The summed E-state index contributed by atoms with van der Waals surface area (Å²) in [6.45, 7) is 5.17. The van der Waals surface area contributed by atoms with E-state index in [9.17, 15) is 9.59 Å². The number of carbonyl (C=O) groups is 2. The summed E-state index contributed by atoms with van der Waals surface area (Å²) < 4.78 is 7.96. The molecule has 0 aliphatic carbocycles. The van der Waals surface area contributed by atoms with Crippen LogP contribution in [0.2, 0.25) is 0 Å². The Kier molecular flexibility index (Phi) is 9.23. The van der Waals surface area contributed by atoms with Gasteiger partial charge in [-0.3, -0.25) is 9.59 Å². The molecule has 3 rings (SSSR count). The molecule has 0 saturated carbocycles. The lowest BCUT2D eigenvalue weighted by Crippen LogP contribution is -2.12. The van der Waals surface area contributed by atoms with Crippen LogP contribution < -0.4 is 0 Å². The van der Waals surface area contributed by atoms with Gasteiger partial charge in [-0.05, 0) is 49.3 Å². The second-order valence-corrected chi connectivity index (χ2v) is 9.14. The lowest BCUT2D eigenvalue weighted by Gasteiger charge is -2.11. The summed E-state index contributed by atoms with van der Waals surface area (Å²) in [5.41, 5.74) is 6.18. The molecule has 0 radical (unpaired) electrons. The van der Waals surface area contributed by atoms with Crippen molar-refractivity contribution in [2.75, 3.05) is 6.61 Å². The molecule has 1 aromatic heterocycles. The second kappa shape index (κ2) is 12.3. The van der Waals surface area contributed by atoms with Gasteiger partial charge in [0.15, 0.2) is 5.78 Å². The van der Waals surface area contributed by atoms with Crippen molar-refractivity contribution in [2.24, 2.45) is 13.0 Å². The Morgan fingerprint density at radius 3 is 2.47 bits per heavy atom. The summed E-state index contributed by atoms with van der Waals surface area (Å²) in [5, 5.41) is 9.06. The third-order valence-corrected chi connectivity index (χ3v) is 6.09. The number of aliphatic carboxylic acids is 1. The predicted octanol–water partition coefficient (Wildman–Crippen LogP) is 6.22. The van der Waals surface area contributed by atoms with Gasteiger partial charge in [0.05, 0.1) is 6.61 Å². The van der Waals surface area contributed by atoms with Crippen molar-refractivity contribution in [3.63, 3.8) is 0 Å². The summed E-state index contributed by atoms with van der Waals surface area (Å²) in [7, 11) is 2.00. The van der Waals surface area contributed by atoms with Crippen LogP contribution in [0.3, 0.4) is 0 Å². The number of benzene rings is 2. The minimum atomic E-state index is -0.871. The van der Waals surface area contributed by atoms with Crippen molar-refractivity contribution >= 4 is 11.8 Å². The normalized spacial score (nSPS) is 12.0. The maximum absolute atomic E-state index is 13.1. The Balaban J connectivity index is 1.65. The minimum absolute atomic E-state index is 0.00225. The number of carbonyl (C=O) groups excluding carboxylic acids is 1. The molecule has 1 heterocycles. The third kappa shape index (κ3) is 7.16. The first-order valence-electron chi connectivity index (χ1n) is 12.0. The molecule has 1 N–H and O–H groups in total. The van der Waals surface area contributed by atoms with Crippen LogP contribution in [0.25, 0.3) is 11.3 Å². The van der Waals surface area contributed by atoms with Gasteiger partial charge in [0.2, 0.25) is 0 Å². The van der Waals surface area contributed by atoms with Crippen LogP contribution in [-0.4, -0.2) is 28.0 Å². The predicted molar refractivity (Wildman–Crippen MR) is 135 cm³/mol. The topological polar surface area (TPSA) is 68.5 Å². The number of aromatic nitrogens is 1. The van der Waals surface area contributed by atoms with E-state index in [-0.39, 0.29) is 24.5 Å². The molecule has 0 saturated heterocycles. The smallest absolute Gasteiger partial charge is 0.303 e. The average molecular weight is 462 g/mol. The van der Waals surface area contributed by atoms with Crippen LogP contribution in [0, 0.1) is 12.8 Å². The van der Waals surface area contributed by atoms with Crippen LogP contribution in [0.4, 0.5) is 0 Å². The summed E-state index contributed by atoms with van der Waals surface area (Å²) in [5.74, 6) is -1.06. The first-order valence-corrected chi connectivity index (χ1v) is 12.0.